The predicted molar refractivity (Wildman–Crippen MR) is 179 cm³/mol. The number of furan rings is 1. The number of imidazole rings is 2. The molecule has 0 aliphatic heterocycles. The van der Waals surface area contributed by atoms with Gasteiger partial charge in [0.15, 0.2) is 0 Å². The molecule has 4 heterocycles. The van der Waals surface area contributed by atoms with Crippen molar-refractivity contribution in [1.82, 2.24) is 18.5 Å². The summed E-state index contributed by atoms with van der Waals surface area (Å²) in [7, 11) is 0. The molecule has 44 heavy (non-hydrogen) atoms. The number of hydrogen-bond acceptors (Lipinski definition) is 2. The van der Waals surface area contributed by atoms with Gasteiger partial charge in [0.2, 0.25) is 11.5 Å². The maximum absolute atomic E-state index is 6.48. The van der Waals surface area contributed by atoms with Gasteiger partial charge in [-0.05, 0) is 77.9 Å². The first kappa shape index (κ1) is 23.5. The third kappa shape index (κ3) is 3.15. The third-order valence-electron chi connectivity index (χ3n) is 8.85. The van der Waals surface area contributed by atoms with Crippen molar-refractivity contribution in [3.05, 3.63) is 146 Å². The maximum Gasteiger partial charge on any atom is 0.232 e. The normalized spacial score (nSPS) is 12.1. The molecule has 10 rings (SSSR count). The van der Waals surface area contributed by atoms with E-state index in [4.69, 9.17) is 9.40 Å². The highest BCUT2D eigenvalue weighted by molar-refractivity contribution is 6.11. The molecule has 0 radical (unpaired) electrons. The first-order chi connectivity index (χ1) is 21.8. The van der Waals surface area contributed by atoms with Crippen LogP contribution in [0.2, 0.25) is 0 Å². The van der Waals surface area contributed by atoms with E-state index in [0.717, 1.165) is 61.5 Å². The lowest BCUT2D eigenvalue weighted by atomic mass is 10.0. The van der Waals surface area contributed by atoms with E-state index in [2.05, 4.69) is 141 Å². The average Bonchev–Trinajstić information content (AvgIpc) is 3.81. The zero-order valence-electron chi connectivity index (χ0n) is 23.6. The molecule has 10 aromatic rings. The Morgan fingerprint density at radius 2 is 1.09 bits per heavy atom. The van der Waals surface area contributed by atoms with Gasteiger partial charge in [-0.25, -0.2) is 9.38 Å². The fourth-order valence-corrected chi connectivity index (χ4v) is 6.91. The van der Waals surface area contributed by atoms with E-state index in [1.165, 1.54) is 21.8 Å². The molecule has 0 aliphatic carbocycles. The van der Waals surface area contributed by atoms with Crippen molar-refractivity contribution >= 4 is 60.8 Å². The quantitative estimate of drug-likeness (QED) is 0.214. The van der Waals surface area contributed by atoms with Crippen LogP contribution in [0.4, 0.5) is 0 Å². The summed E-state index contributed by atoms with van der Waals surface area (Å²) in [6.07, 6.45) is 0. The molecular formula is C39H24N4O. The van der Waals surface area contributed by atoms with Crippen LogP contribution in [-0.2, 0) is 0 Å². The lowest BCUT2D eigenvalue weighted by molar-refractivity contribution is 0.651. The standard InChI is InChI=1S/C39H24N4O/c1-3-11-27(12-4-1)41-33-17-9-7-15-29(33)31-23-25(19-21-34(31)41)26-20-22-35-32(24-26)40-39-42(28-13-5-2-6-14-28)37-30-16-8-10-18-36(30)44-38(37)43(35)39/h1-24H. The molecule has 0 spiro atoms. The molecule has 0 saturated heterocycles. The van der Waals surface area contributed by atoms with Crippen LogP contribution in [0.5, 0.6) is 0 Å². The Labute approximate surface area is 251 Å². The Morgan fingerprint density at radius 3 is 1.89 bits per heavy atom. The van der Waals surface area contributed by atoms with Gasteiger partial charge in [-0.3, -0.25) is 4.57 Å². The summed E-state index contributed by atoms with van der Waals surface area (Å²) < 4.78 is 13.2. The van der Waals surface area contributed by atoms with Crippen LogP contribution >= 0.6 is 0 Å². The van der Waals surface area contributed by atoms with Gasteiger partial charge in [0.05, 0.1) is 22.1 Å². The minimum atomic E-state index is 0.801. The van der Waals surface area contributed by atoms with E-state index in [9.17, 15) is 0 Å². The Hall–Kier alpha value is -6.07. The lowest BCUT2D eigenvalue weighted by Gasteiger charge is -2.08. The zero-order valence-corrected chi connectivity index (χ0v) is 23.6. The highest BCUT2D eigenvalue weighted by Crippen LogP contribution is 2.38. The molecule has 5 nitrogen and oxygen atoms in total. The van der Waals surface area contributed by atoms with Crippen LogP contribution in [0.15, 0.2) is 150 Å². The first-order valence-corrected chi connectivity index (χ1v) is 14.8. The maximum atomic E-state index is 6.48. The molecular weight excluding hydrogens is 540 g/mol. The summed E-state index contributed by atoms with van der Waals surface area (Å²) in [5, 5.41) is 3.55. The zero-order chi connectivity index (χ0) is 28.8. The van der Waals surface area contributed by atoms with Crippen LogP contribution in [-0.4, -0.2) is 18.5 Å². The molecule has 0 bridgehead atoms. The lowest BCUT2D eigenvalue weighted by Crippen LogP contribution is -1.94. The van der Waals surface area contributed by atoms with Crippen molar-refractivity contribution in [3.8, 4) is 22.5 Å². The van der Waals surface area contributed by atoms with E-state index in [-0.39, 0.29) is 0 Å². The number of nitrogens with zero attached hydrogens (tertiary/aromatic N) is 4. The van der Waals surface area contributed by atoms with E-state index in [0.29, 0.717) is 0 Å². The van der Waals surface area contributed by atoms with Gasteiger partial charge in [-0.15, -0.1) is 0 Å². The molecule has 0 unspecified atom stereocenters. The summed E-state index contributed by atoms with van der Waals surface area (Å²) in [5.74, 6) is 0.837. The first-order valence-electron chi connectivity index (χ1n) is 14.8. The number of fused-ring (bicyclic) bond motifs is 10. The topological polar surface area (TPSA) is 40.3 Å². The highest BCUT2D eigenvalue weighted by atomic mass is 16.3. The van der Waals surface area contributed by atoms with Gasteiger partial charge in [-0.2, -0.15) is 0 Å². The number of para-hydroxylation sites is 4. The Morgan fingerprint density at radius 1 is 0.477 bits per heavy atom. The molecule has 206 valence electrons. The molecule has 0 aliphatic rings. The summed E-state index contributed by atoms with van der Waals surface area (Å²) in [6, 6.07) is 51.2. The Bertz CT molecular complexity index is 2710. The predicted octanol–water partition coefficient (Wildman–Crippen LogP) is 9.94. The number of aromatic nitrogens is 4. The smallest absolute Gasteiger partial charge is 0.232 e. The molecule has 6 aromatic carbocycles. The van der Waals surface area contributed by atoms with Crippen molar-refractivity contribution in [3.63, 3.8) is 0 Å². The second-order valence-corrected chi connectivity index (χ2v) is 11.3. The SMILES string of the molecule is c1ccc(-n2c3ccccc3c3cc(-c4ccc5c(c4)nc4n(-c6ccccc6)c6c7ccccc7oc6n54)ccc32)cc1. The number of rotatable bonds is 3. The van der Waals surface area contributed by atoms with Crippen molar-refractivity contribution in [2.24, 2.45) is 0 Å². The van der Waals surface area contributed by atoms with Crippen LogP contribution in [0.25, 0.3) is 83.3 Å². The fraction of sp³-hybridized carbons (Fsp3) is 0. The van der Waals surface area contributed by atoms with Crippen molar-refractivity contribution in [2.45, 2.75) is 0 Å². The Kier molecular flexibility index (Phi) is 4.66. The van der Waals surface area contributed by atoms with Gasteiger partial charge in [0.25, 0.3) is 0 Å². The molecule has 0 saturated carbocycles. The largest absolute Gasteiger partial charge is 0.437 e. The van der Waals surface area contributed by atoms with E-state index < -0.39 is 0 Å². The molecule has 5 heteroatoms. The second kappa shape index (κ2) is 8.72. The van der Waals surface area contributed by atoms with Crippen LogP contribution in [0, 0.1) is 0 Å². The van der Waals surface area contributed by atoms with Gasteiger partial charge in [-0.1, -0.05) is 78.9 Å². The monoisotopic (exact) mass is 564 g/mol. The second-order valence-electron chi connectivity index (χ2n) is 11.3. The fourth-order valence-electron chi connectivity index (χ4n) is 6.91. The summed E-state index contributed by atoms with van der Waals surface area (Å²) >= 11 is 0. The minimum absolute atomic E-state index is 0.801. The van der Waals surface area contributed by atoms with Gasteiger partial charge in [0.1, 0.15) is 11.1 Å². The minimum Gasteiger partial charge on any atom is -0.437 e. The van der Waals surface area contributed by atoms with Crippen molar-refractivity contribution < 1.29 is 4.42 Å². The van der Waals surface area contributed by atoms with E-state index >= 15 is 0 Å². The molecule has 0 N–H and O–H groups in total. The summed E-state index contributed by atoms with van der Waals surface area (Å²) in [4.78, 5) is 5.21. The third-order valence-corrected chi connectivity index (χ3v) is 8.85. The summed E-state index contributed by atoms with van der Waals surface area (Å²) in [5.41, 5.74) is 11.5. The molecule has 0 fully saturated rings. The van der Waals surface area contributed by atoms with Gasteiger partial charge < -0.3 is 8.98 Å². The summed E-state index contributed by atoms with van der Waals surface area (Å²) in [6.45, 7) is 0. The highest BCUT2D eigenvalue weighted by Gasteiger charge is 2.23. The molecule has 0 amide bonds. The molecule has 0 atom stereocenters. The van der Waals surface area contributed by atoms with Crippen molar-refractivity contribution in [1.29, 1.82) is 0 Å². The molecule has 4 aromatic heterocycles. The van der Waals surface area contributed by atoms with Gasteiger partial charge in [0, 0.05) is 27.5 Å². The van der Waals surface area contributed by atoms with E-state index in [1.54, 1.807) is 0 Å². The number of benzene rings is 6. The van der Waals surface area contributed by atoms with Crippen LogP contribution < -0.4 is 0 Å². The van der Waals surface area contributed by atoms with Gasteiger partial charge >= 0.3 is 0 Å². The van der Waals surface area contributed by atoms with Crippen LogP contribution in [0.3, 0.4) is 0 Å². The van der Waals surface area contributed by atoms with E-state index in [1.807, 2.05) is 18.2 Å². The van der Waals surface area contributed by atoms with Crippen LogP contribution in [0.1, 0.15) is 0 Å². The number of hydrogen-bond donors (Lipinski definition) is 0. The Balaban J connectivity index is 1.21. The average molecular weight is 565 g/mol. The van der Waals surface area contributed by atoms with Crippen molar-refractivity contribution in [2.75, 3.05) is 0 Å².